The molecule has 0 aliphatic carbocycles. The normalized spacial score (nSPS) is 10.5. The van der Waals surface area contributed by atoms with Crippen LogP contribution in [0.4, 0.5) is 8.78 Å². The summed E-state index contributed by atoms with van der Waals surface area (Å²) in [5.41, 5.74) is -1.84. The maximum atomic E-state index is 12.2. The highest BCUT2D eigenvalue weighted by molar-refractivity contribution is 5.72. The minimum Gasteiger partial charge on any atom is -0.506 e. The molecule has 1 aromatic rings. The minimum atomic E-state index is -2.99. The Morgan fingerprint density at radius 1 is 1.62 bits per heavy atom. The summed E-state index contributed by atoms with van der Waals surface area (Å²) in [4.78, 5) is 23.9. The van der Waals surface area contributed by atoms with E-state index in [0.717, 1.165) is 13.2 Å². The Balaban J connectivity index is 3.11. The topological polar surface area (TPSA) is 79.4 Å². The fraction of sp³-hybridized carbons (Fsp3) is 0.333. The van der Waals surface area contributed by atoms with E-state index in [1.807, 2.05) is 4.98 Å². The summed E-state index contributed by atoms with van der Waals surface area (Å²) in [6.07, 6.45) is -3.37. The molecule has 0 atom stereocenters. The number of esters is 1. The van der Waals surface area contributed by atoms with Crippen molar-refractivity contribution in [1.29, 1.82) is 0 Å². The highest BCUT2D eigenvalue weighted by atomic mass is 19.3. The maximum absolute atomic E-state index is 12.2. The highest BCUT2D eigenvalue weighted by Crippen LogP contribution is 2.24. The lowest BCUT2D eigenvalue weighted by atomic mass is 10.2. The van der Waals surface area contributed by atoms with E-state index in [4.69, 9.17) is 5.11 Å². The Labute approximate surface area is 88.7 Å². The molecule has 88 valence electrons. The lowest BCUT2D eigenvalue weighted by Crippen LogP contribution is -2.18. The van der Waals surface area contributed by atoms with Gasteiger partial charge in [-0.3, -0.25) is 9.59 Å². The van der Waals surface area contributed by atoms with Gasteiger partial charge in [0.1, 0.15) is 11.4 Å². The van der Waals surface area contributed by atoms with Crippen LogP contribution in [0.25, 0.3) is 0 Å². The molecule has 5 nitrogen and oxygen atoms in total. The molecule has 1 aromatic heterocycles. The van der Waals surface area contributed by atoms with Crippen molar-refractivity contribution in [3.8, 4) is 5.75 Å². The van der Waals surface area contributed by atoms with E-state index in [2.05, 4.69) is 4.74 Å². The monoisotopic (exact) mass is 233 g/mol. The van der Waals surface area contributed by atoms with Gasteiger partial charge in [0.15, 0.2) is 0 Å². The number of hydrogen-bond acceptors (Lipinski definition) is 4. The summed E-state index contributed by atoms with van der Waals surface area (Å²) in [7, 11) is 1.13. The van der Waals surface area contributed by atoms with Crippen molar-refractivity contribution in [2.24, 2.45) is 0 Å². The van der Waals surface area contributed by atoms with Gasteiger partial charge in [-0.2, -0.15) is 0 Å². The molecule has 1 rings (SSSR count). The van der Waals surface area contributed by atoms with Gasteiger partial charge in [-0.05, 0) is 6.07 Å². The quantitative estimate of drug-likeness (QED) is 0.754. The van der Waals surface area contributed by atoms with Crippen LogP contribution in [0, 0.1) is 0 Å². The number of H-pyrrole nitrogens is 1. The number of ether oxygens (including phenoxy) is 1. The van der Waals surface area contributed by atoms with Gasteiger partial charge in [0.05, 0.1) is 13.5 Å². The van der Waals surface area contributed by atoms with Gasteiger partial charge in [0.25, 0.3) is 12.0 Å². The van der Waals surface area contributed by atoms with Crippen LogP contribution in [0.3, 0.4) is 0 Å². The zero-order valence-electron chi connectivity index (χ0n) is 8.29. The molecule has 0 saturated heterocycles. The van der Waals surface area contributed by atoms with Gasteiger partial charge in [-0.1, -0.05) is 0 Å². The maximum Gasteiger partial charge on any atom is 0.310 e. The van der Waals surface area contributed by atoms with Crippen LogP contribution in [-0.4, -0.2) is 23.2 Å². The fourth-order valence-corrected chi connectivity index (χ4v) is 1.10. The van der Waals surface area contributed by atoms with E-state index in [9.17, 15) is 18.4 Å². The first-order valence-electron chi connectivity index (χ1n) is 4.25. The average Bonchev–Trinajstić information content (AvgIpc) is 2.22. The molecule has 1 heterocycles. The van der Waals surface area contributed by atoms with Gasteiger partial charge in [-0.25, -0.2) is 8.78 Å². The third-order valence-electron chi connectivity index (χ3n) is 1.91. The van der Waals surface area contributed by atoms with Crippen molar-refractivity contribution in [3.05, 3.63) is 27.7 Å². The third-order valence-corrected chi connectivity index (χ3v) is 1.91. The summed E-state index contributed by atoms with van der Waals surface area (Å²) in [5, 5.41) is 9.17. The van der Waals surface area contributed by atoms with Gasteiger partial charge in [0, 0.05) is 5.56 Å². The molecule has 0 radical (unpaired) electrons. The summed E-state index contributed by atoms with van der Waals surface area (Å²) in [6.45, 7) is 0. The second-order valence-corrected chi connectivity index (χ2v) is 2.98. The smallest absolute Gasteiger partial charge is 0.310 e. The van der Waals surface area contributed by atoms with Crippen LogP contribution < -0.4 is 5.56 Å². The molecule has 0 aliphatic rings. The number of methoxy groups -OCH3 is 1. The molecule has 0 fully saturated rings. The van der Waals surface area contributed by atoms with Crippen LogP contribution in [0.2, 0.25) is 0 Å². The SMILES string of the molecule is COC(=O)Cc1cc(O)c(C(F)F)[nH]c1=O. The van der Waals surface area contributed by atoms with Crippen LogP contribution in [0.15, 0.2) is 10.9 Å². The molecule has 16 heavy (non-hydrogen) atoms. The Morgan fingerprint density at radius 2 is 2.25 bits per heavy atom. The highest BCUT2D eigenvalue weighted by Gasteiger charge is 2.17. The van der Waals surface area contributed by atoms with Crippen LogP contribution >= 0.6 is 0 Å². The zero-order chi connectivity index (χ0) is 12.3. The van der Waals surface area contributed by atoms with E-state index >= 15 is 0 Å². The molecule has 0 bridgehead atoms. The summed E-state index contributed by atoms with van der Waals surface area (Å²) < 4.78 is 28.8. The predicted octanol–water partition coefficient (Wildman–Crippen LogP) is 0.734. The molecule has 0 aliphatic heterocycles. The number of pyridine rings is 1. The number of carbonyl (C=O) groups excluding carboxylic acids is 1. The summed E-state index contributed by atoms with van der Waals surface area (Å²) >= 11 is 0. The Bertz CT molecular complexity index is 455. The predicted molar refractivity (Wildman–Crippen MR) is 49.4 cm³/mol. The van der Waals surface area contributed by atoms with E-state index in [1.165, 1.54) is 0 Å². The van der Waals surface area contributed by atoms with Crippen molar-refractivity contribution in [1.82, 2.24) is 4.98 Å². The van der Waals surface area contributed by atoms with Crippen molar-refractivity contribution < 1.29 is 23.4 Å². The average molecular weight is 233 g/mol. The standard InChI is InChI=1S/C9H9F2NO4/c1-16-6(14)3-4-2-5(13)7(8(10)11)12-9(4)15/h2,8,13H,3H2,1H3,(H,12,15). The van der Waals surface area contributed by atoms with E-state index < -0.39 is 29.4 Å². The number of rotatable bonds is 3. The molecule has 0 unspecified atom stereocenters. The lowest BCUT2D eigenvalue weighted by molar-refractivity contribution is -0.139. The van der Waals surface area contributed by atoms with Crippen LogP contribution in [-0.2, 0) is 16.0 Å². The molecule has 2 N–H and O–H groups in total. The minimum absolute atomic E-state index is 0.131. The third kappa shape index (κ3) is 2.56. The van der Waals surface area contributed by atoms with Crippen LogP contribution in [0.5, 0.6) is 5.75 Å². The molecule has 0 spiro atoms. The van der Waals surface area contributed by atoms with Crippen molar-refractivity contribution >= 4 is 5.97 Å². The number of aromatic nitrogens is 1. The lowest BCUT2D eigenvalue weighted by Gasteiger charge is -2.05. The van der Waals surface area contributed by atoms with Crippen molar-refractivity contribution in [3.63, 3.8) is 0 Å². The molecule has 0 aromatic carbocycles. The summed E-state index contributed by atoms with van der Waals surface area (Å²) in [5.74, 6) is -1.46. The van der Waals surface area contributed by atoms with Gasteiger partial charge in [-0.15, -0.1) is 0 Å². The number of hydrogen-bond donors (Lipinski definition) is 2. The van der Waals surface area contributed by atoms with Crippen LogP contribution in [0.1, 0.15) is 17.7 Å². The largest absolute Gasteiger partial charge is 0.506 e. The Morgan fingerprint density at radius 3 is 2.75 bits per heavy atom. The Hall–Kier alpha value is -1.92. The van der Waals surface area contributed by atoms with E-state index in [0.29, 0.717) is 0 Å². The van der Waals surface area contributed by atoms with Crippen molar-refractivity contribution in [2.45, 2.75) is 12.8 Å². The fourth-order valence-electron chi connectivity index (χ4n) is 1.10. The number of alkyl halides is 2. The number of aromatic amines is 1. The number of halogens is 2. The first kappa shape index (κ1) is 12.2. The van der Waals surface area contributed by atoms with E-state index in [-0.39, 0.29) is 12.0 Å². The molecular weight excluding hydrogens is 224 g/mol. The van der Waals surface area contributed by atoms with Gasteiger partial charge in [0.2, 0.25) is 0 Å². The molecule has 0 amide bonds. The zero-order valence-corrected chi connectivity index (χ0v) is 8.29. The van der Waals surface area contributed by atoms with Crippen molar-refractivity contribution in [2.75, 3.05) is 7.11 Å². The molecule has 7 heteroatoms. The summed E-state index contributed by atoms with van der Waals surface area (Å²) in [6, 6.07) is 0.831. The van der Waals surface area contributed by atoms with Gasteiger partial charge < -0.3 is 14.8 Å². The number of nitrogens with one attached hydrogen (secondary N) is 1. The Kier molecular flexibility index (Phi) is 3.60. The van der Waals surface area contributed by atoms with E-state index in [1.54, 1.807) is 0 Å². The second-order valence-electron chi connectivity index (χ2n) is 2.98. The number of aromatic hydroxyl groups is 1. The first-order chi connectivity index (χ1) is 7.45. The second kappa shape index (κ2) is 4.73. The first-order valence-corrected chi connectivity index (χ1v) is 4.25. The number of carbonyl (C=O) groups is 1. The molecule has 0 saturated carbocycles. The molecular formula is C9H9F2NO4. The van der Waals surface area contributed by atoms with Gasteiger partial charge >= 0.3 is 5.97 Å².